The number of hydrogen-bond donors (Lipinski definition) is 1. The molecule has 0 aliphatic heterocycles. The molecule has 1 aromatic carbocycles. The minimum absolute atomic E-state index is 0.478. The Bertz CT molecular complexity index is 373. The van der Waals surface area contributed by atoms with Crippen molar-refractivity contribution in [3.63, 3.8) is 0 Å². The van der Waals surface area contributed by atoms with Crippen LogP contribution in [0.4, 0.5) is 0 Å². The summed E-state index contributed by atoms with van der Waals surface area (Å²) in [5, 5.41) is 3.62. The molecule has 1 atom stereocenters. The van der Waals surface area contributed by atoms with E-state index in [0.29, 0.717) is 6.04 Å². The van der Waals surface area contributed by atoms with Crippen molar-refractivity contribution in [2.24, 2.45) is 0 Å². The molecule has 2 rings (SSSR count). The summed E-state index contributed by atoms with van der Waals surface area (Å²) in [5.74, 6) is 0. The molecule has 1 aliphatic carbocycles. The Labute approximate surface area is 125 Å². The smallest absolute Gasteiger partial charge is 0.0332 e. The average Bonchev–Trinajstić information content (AvgIpc) is 3.24. The summed E-state index contributed by atoms with van der Waals surface area (Å²) in [6.07, 6.45) is 4.00. The zero-order chi connectivity index (χ0) is 13.7. The van der Waals surface area contributed by atoms with Gasteiger partial charge in [-0.05, 0) is 50.0 Å². The molecule has 0 spiro atoms. The first-order valence-electron chi connectivity index (χ1n) is 7.47. The number of hydrogen-bond acceptors (Lipinski definition) is 2. The van der Waals surface area contributed by atoms with Gasteiger partial charge in [0, 0.05) is 23.1 Å². The van der Waals surface area contributed by atoms with Gasteiger partial charge in [-0.2, -0.15) is 0 Å². The monoisotopic (exact) mass is 324 g/mol. The van der Waals surface area contributed by atoms with Crippen molar-refractivity contribution in [2.45, 2.75) is 45.2 Å². The molecule has 1 aliphatic rings. The lowest BCUT2D eigenvalue weighted by molar-refractivity contribution is 0.260. The minimum Gasteiger partial charge on any atom is -0.310 e. The van der Waals surface area contributed by atoms with Gasteiger partial charge < -0.3 is 10.2 Å². The molecule has 0 radical (unpaired) electrons. The highest BCUT2D eigenvalue weighted by Crippen LogP contribution is 2.28. The van der Waals surface area contributed by atoms with E-state index >= 15 is 0 Å². The van der Waals surface area contributed by atoms with Gasteiger partial charge in [-0.1, -0.05) is 41.9 Å². The third-order valence-electron chi connectivity index (χ3n) is 3.90. The summed E-state index contributed by atoms with van der Waals surface area (Å²) in [7, 11) is 0. The Morgan fingerprint density at radius 3 is 2.47 bits per heavy atom. The Balaban J connectivity index is 1.93. The molecule has 1 saturated carbocycles. The summed E-state index contributed by atoms with van der Waals surface area (Å²) >= 11 is 3.51. The van der Waals surface area contributed by atoms with Crippen molar-refractivity contribution in [3.05, 3.63) is 34.3 Å². The van der Waals surface area contributed by atoms with Crippen LogP contribution in [0.15, 0.2) is 28.7 Å². The first kappa shape index (κ1) is 15.0. The number of nitrogens with one attached hydrogen (secondary N) is 1. The Hall–Kier alpha value is -0.380. The van der Waals surface area contributed by atoms with Gasteiger partial charge in [0.05, 0.1) is 0 Å². The molecule has 1 aromatic rings. The molecule has 0 bridgehead atoms. The molecule has 1 N–H and O–H groups in total. The van der Waals surface area contributed by atoms with Crippen molar-refractivity contribution in [1.29, 1.82) is 0 Å². The zero-order valence-corrected chi connectivity index (χ0v) is 13.6. The fourth-order valence-corrected chi connectivity index (χ4v) is 2.93. The number of nitrogens with zero attached hydrogens (tertiary/aromatic N) is 1. The SMILES string of the molecule is CCNC(CCN(CC)C1CC1)c1ccc(Br)cc1. The Morgan fingerprint density at radius 1 is 1.26 bits per heavy atom. The lowest BCUT2D eigenvalue weighted by Crippen LogP contribution is -2.31. The number of benzene rings is 1. The van der Waals surface area contributed by atoms with Gasteiger partial charge in [-0.15, -0.1) is 0 Å². The van der Waals surface area contributed by atoms with E-state index < -0.39 is 0 Å². The van der Waals surface area contributed by atoms with Gasteiger partial charge in [0.15, 0.2) is 0 Å². The quantitative estimate of drug-likeness (QED) is 0.778. The molecular formula is C16H25BrN2. The molecule has 0 aromatic heterocycles. The Kier molecular flexibility index (Phi) is 5.86. The van der Waals surface area contributed by atoms with E-state index in [0.717, 1.165) is 17.1 Å². The van der Waals surface area contributed by atoms with E-state index in [1.54, 1.807) is 0 Å². The molecular weight excluding hydrogens is 300 g/mol. The van der Waals surface area contributed by atoms with Crippen LogP contribution in [0.5, 0.6) is 0 Å². The molecule has 1 unspecified atom stereocenters. The average molecular weight is 325 g/mol. The summed E-state index contributed by atoms with van der Waals surface area (Å²) in [4.78, 5) is 2.63. The second-order valence-corrected chi connectivity index (χ2v) is 6.23. The van der Waals surface area contributed by atoms with Crippen LogP contribution in [0.1, 0.15) is 44.7 Å². The largest absolute Gasteiger partial charge is 0.310 e. The number of halogens is 1. The van der Waals surface area contributed by atoms with Gasteiger partial charge in [0.25, 0.3) is 0 Å². The first-order valence-corrected chi connectivity index (χ1v) is 8.26. The van der Waals surface area contributed by atoms with E-state index in [1.165, 1.54) is 37.9 Å². The van der Waals surface area contributed by atoms with Crippen LogP contribution in [-0.4, -0.2) is 30.6 Å². The first-order chi connectivity index (χ1) is 9.24. The fourth-order valence-electron chi connectivity index (χ4n) is 2.66. The van der Waals surface area contributed by atoms with Crippen LogP contribution in [0, 0.1) is 0 Å². The van der Waals surface area contributed by atoms with Crippen molar-refractivity contribution in [1.82, 2.24) is 10.2 Å². The van der Waals surface area contributed by atoms with Gasteiger partial charge in [-0.25, -0.2) is 0 Å². The standard InChI is InChI=1S/C16H25BrN2/c1-3-18-16(13-5-7-14(17)8-6-13)11-12-19(4-2)15-9-10-15/h5-8,15-16,18H,3-4,9-12H2,1-2H3. The third-order valence-corrected chi connectivity index (χ3v) is 4.43. The summed E-state index contributed by atoms with van der Waals surface area (Å²) in [5.41, 5.74) is 1.40. The maximum absolute atomic E-state index is 3.62. The van der Waals surface area contributed by atoms with Crippen LogP contribution in [0.25, 0.3) is 0 Å². The summed E-state index contributed by atoms with van der Waals surface area (Å²) < 4.78 is 1.15. The van der Waals surface area contributed by atoms with Gasteiger partial charge >= 0.3 is 0 Å². The van der Waals surface area contributed by atoms with Crippen molar-refractivity contribution in [3.8, 4) is 0 Å². The van der Waals surface area contributed by atoms with E-state index in [2.05, 4.69) is 64.3 Å². The van der Waals surface area contributed by atoms with E-state index in [-0.39, 0.29) is 0 Å². The van der Waals surface area contributed by atoms with Gasteiger partial charge in [0.1, 0.15) is 0 Å². The minimum atomic E-state index is 0.478. The zero-order valence-electron chi connectivity index (χ0n) is 12.0. The predicted octanol–water partition coefficient (Wildman–Crippen LogP) is 3.97. The highest BCUT2D eigenvalue weighted by molar-refractivity contribution is 9.10. The van der Waals surface area contributed by atoms with Crippen molar-refractivity contribution in [2.75, 3.05) is 19.6 Å². The predicted molar refractivity (Wildman–Crippen MR) is 85.4 cm³/mol. The van der Waals surface area contributed by atoms with Crippen LogP contribution >= 0.6 is 15.9 Å². The van der Waals surface area contributed by atoms with Crippen LogP contribution in [-0.2, 0) is 0 Å². The van der Waals surface area contributed by atoms with E-state index in [1.807, 2.05) is 0 Å². The lowest BCUT2D eigenvalue weighted by atomic mass is 10.0. The maximum Gasteiger partial charge on any atom is 0.0332 e. The van der Waals surface area contributed by atoms with Crippen molar-refractivity contribution < 1.29 is 0 Å². The molecule has 0 amide bonds. The Morgan fingerprint density at radius 2 is 1.95 bits per heavy atom. The normalized spacial score (nSPS) is 16.8. The van der Waals surface area contributed by atoms with Gasteiger partial charge in [0.2, 0.25) is 0 Å². The number of rotatable bonds is 8. The second kappa shape index (κ2) is 7.41. The second-order valence-electron chi connectivity index (χ2n) is 5.31. The third kappa shape index (κ3) is 4.59. The molecule has 0 saturated heterocycles. The van der Waals surface area contributed by atoms with E-state index in [4.69, 9.17) is 0 Å². The molecule has 0 heterocycles. The van der Waals surface area contributed by atoms with Gasteiger partial charge in [-0.3, -0.25) is 0 Å². The van der Waals surface area contributed by atoms with Crippen molar-refractivity contribution >= 4 is 15.9 Å². The highest BCUT2D eigenvalue weighted by Gasteiger charge is 2.27. The summed E-state index contributed by atoms with van der Waals surface area (Å²) in [6, 6.07) is 10.1. The lowest BCUT2D eigenvalue weighted by Gasteiger charge is -2.24. The topological polar surface area (TPSA) is 15.3 Å². The van der Waals surface area contributed by atoms with Crippen LogP contribution < -0.4 is 5.32 Å². The molecule has 106 valence electrons. The maximum atomic E-state index is 3.62. The summed E-state index contributed by atoms with van der Waals surface area (Å²) in [6.45, 7) is 7.87. The van der Waals surface area contributed by atoms with E-state index in [9.17, 15) is 0 Å². The fraction of sp³-hybridized carbons (Fsp3) is 0.625. The highest BCUT2D eigenvalue weighted by atomic mass is 79.9. The van der Waals surface area contributed by atoms with Crippen LogP contribution in [0.2, 0.25) is 0 Å². The molecule has 1 fully saturated rings. The van der Waals surface area contributed by atoms with Crippen LogP contribution in [0.3, 0.4) is 0 Å². The molecule has 3 heteroatoms. The molecule has 19 heavy (non-hydrogen) atoms. The molecule has 2 nitrogen and oxygen atoms in total.